The Labute approximate surface area is 138 Å². The first-order valence-electron chi connectivity index (χ1n) is 7.96. The monoisotopic (exact) mass is 327 g/mol. The summed E-state index contributed by atoms with van der Waals surface area (Å²) in [5, 5.41) is 11.2. The van der Waals surface area contributed by atoms with E-state index < -0.39 is 9.68 Å². The zero-order valence-corrected chi connectivity index (χ0v) is 14.4. The molecule has 5 heteroatoms. The number of carbonyl (C=O) groups excluding carboxylic acids is 1. The minimum Gasteiger partial charge on any atom is -0.507 e. The van der Waals surface area contributed by atoms with E-state index in [1.54, 1.807) is 12.1 Å². The van der Waals surface area contributed by atoms with Crippen LogP contribution in [0.2, 0.25) is 0 Å². The molecule has 0 aliphatic carbocycles. The molecule has 2 aromatic carbocycles. The summed E-state index contributed by atoms with van der Waals surface area (Å²) < 4.78 is 8.40. The smallest absolute Gasteiger partial charge is 0.157 e. The van der Waals surface area contributed by atoms with Gasteiger partial charge in [-0.25, -0.2) is 0 Å². The van der Waals surface area contributed by atoms with Crippen LogP contribution in [0.3, 0.4) is 0 Å². The number of nitrogens with zero attached hydrogens (tertiary/aromatic N) is 1. The van der Waals surface area contributed by atoms with Crippen molar-refractivity contribution in [3.05, 3.63) is 54.1 Å². The molecule has 0 aromatic heterocycles. The SMILES string of the molecule is O=Cc1c(O)cccc1OC[C@@H]1CCCN1[SiH2]c1ccccc1. The van der Waals surface area contributed by atoms with E-state index >= 15 is 0 Å². The average Bonchev–Trinajstić information content (AvgIpc) is 3.01. The lowest BCUT2D eigenvalue weighted by Crippen LogP contribution is -2.42. The van der Waals surface area contributed by atoms with Crippen molar-refractivity contribution in [2.24, 2.45) is 0 Å². The largest absolute Gasteiger partial charge is 0.507 e. The Bertz CT molecular complexity index is 663. The third-order valence-electron chi connectivity index (χ3n) is 4.32. The Kier molecular flexibility index (Phi) is 5.10. The van der Waals surface area contributed by atoms with Crippen molar-refractivity contribution in [3.63, 3.8) is 0 Å². The van der Waals surface area contributed by atoms with Crippen LogP contribution < -0.4 is 9.92 Å². The lowest BCUT2D eigenvalue weighted by atomic mass is 10.2. The number of rotatable bonds is 6. The number of aromatic hydroxyl groups is 1. The quantitative estimate of drug-likeness (QED) is 0.645. The molecule has 1 aliphatic rings. The summed E-state index contributed by atoms with van der Waals surface area (Å²) >= 11 is 0. The van der Waals surface area contributed by atoms with Gasteiger partial charge in [-0.1, -0.05) is 36.4 Å². The van der Waals surface area contributed by atoms with E-state index in [9.17, 15) is 9.90 Å². The molecule has 23 heavy (non-hydrogen) atoms. The van der Waals surface area contributed by atoms with E-state index in [1.165, 1.54) is 17.7 Å². The van der Waals surface area contributed by atoms with Gasteiger partial charge in [0, 0.05) is 6.04 Å². The number of benzene rings is 2. The lowest BCUT2D eigenvalue weighted by Gasteiger charge is -2.24. The molecule has 0 amide bonds. The number of aldehydes is 1. The maximum absolute atomic E-state index is 11.1. The zero-order valence-electron chi connectivity index (χ0n) is 13.0. The van der Waals surface area contributed by atoms with Crippen LogP contribution in [-0.4, -0.2) is 44.8 Å². The summed E-state index contributed by atoms with van der Waals surface area (Å²) in [4.78, 5) is 11.1. The third-order valence-corrected chi connectivity index (χ3v) is 6.40. The highest BCUT2D eigenvalue weighted by Gasteiger charge is 2.25. The number of hydrogen-bond acceptors (Lipinski definition) is 4. The molecule has 120 valence electrons. The number of hydrogen-bond donors (Lipinski definition) is 1. The van der Waals surface area contributed by atoms with Gasteiger partial charge in [0.2, 0.25) is 0 Å². The molecule has 1 heterocycles. The van der Waals surface area contributed by atoms with Gasteiger partial charge in [0.15, 0.2) is 6.29 Å². The van der Waals surface area contributed by atoms with Crippen LogP contribution in [0.4, 0.5) is 0 Å². The Morgan fingerprint density at radius 1 is 1.22 bits per heavy atom. The fourth-order valence-electron chi connectivity index (χ4n) is 3.07. The van der Waals surface area contributed by atoms with E-state index in [0.717, 1.165) is 13.0 Å². The van der Waals surface area contributed by atoms with Gasteiger partial charge in [0.25, 0.3) is 0 Å². The molecule has 0 saturated carbocycles. The highest BCUT2D eigenvalue weighted by Crippen LogP contribution is 2.26. The summed E-state index contributed by atoms with van der Waals surface area (Å²) in [6.07, 6.45) is 2.96. The van der Waals surface area contributed by atoms with Gasteiger partial charge in [-0.05, 0) is 36.7 Å². The molecule has 0 spiro atoms. The predicted octanol–water partition coefficient (Wildman–Crippen LogP) is 1.46. The maximum Gasteiger partial charge on any atom is 0.157 e. The zero-order chi connectivity index (χ0) is 16.1. The van der Waals surface area contributed by atoms with Gasteiger partial charge in [-0.15, -0.1) is 0 Å². The Morgan fingerprint density at radius 2 is 2.04 bits per heavy atom. The van der Waals surface area contributed by atoms with Gasteiger partial charge in [0.05, 0.1) is 5.56 Å². The van der Waals surface area contributed by atoms with Crippen LogP contribution in [0.25, 0.3) is 0 Å². The average molecular weight is 327 g/mol. The molecule has 1 aliphatic heterocycles. The van der Waals surface area contributed by atoms with Crippen LogP contribution in [0.1, 0.15) is 23.2 Å². The first-order chi connectivity index (χ1) is 11.3. The summed E-state index contributed by atoms with van der Waals surface area (Å²) in [6.45, 7) is 1.68. The van der Waals surface area contributed by atoms with Crippen LogP contribution >= 0.6 is 0 Å². The van der Waals surface area contributed by atoms with E-state index in [1.807, 2.05) is 6.07 Å². The normalized spacial score (nSPS) is 18.5. The van der Waals surface area contributed by atoms with Gasteiger partial charge < -0.3 is 14.4 Å². The summed E-state index contributed by atoms with van der Waals surface area (Å²) in [6, 6.07) is 15.9. The second-order valence-corrected chi connectivity index (χ2v) is 7.82. The number of phenolic OH excluding ortho intramolecular Hbond substituents is 1. The van der Waals surface area contributed by atoms with Gasteiger partial charge >= 0.3 is 0 Å². The summed E-state index contributed by atoms with van der Waals surface area (Å²) in [5.74, 6) is 0.438. The van der Waals surface area contributed by atoms with Crippen molar-refractivity contribution in [3.8, 4) is 11.5 Å². The minimum atomic E-state index is -0.471. The minimum absolute atomic E-state index is 0.0283. The number of phenols is 1. The molecule has 2 aromatic rings. The van der Waals surface area contributed by atoms with Gasteiger partial charge in [-0.3, -0.25) is 4.79 Å². The Balaban J connectivity index is 1.63. The van der Waals surface area contributed by atoms with Crippen molar-refractivity contribution in [1.82, 2.24) is 4.57 Å². The highest BCUT2D eigenvalue weighted by molar-refractivity contribution is 6.50. The second kappa shape index (κ2) is 7.44. The van der Waals surface area contributed by atoms with E-state index in [4.69, 9.17) is 4.74 Å². The van der Waals surface area contributed by atoms with E-state index in [0.29, 0.717) is 24.7 Å². The van der Waals surface area contributed by atoms with Gasteiger partial charge in [0.1, 0.15) is 27.8 Å². The topological polar surface area (TPSA) is 49.8 Å². The molecule has 1 saturated heterocycles. The van der Waals surface area contributed by atoms with Crippen molar-refractivity contribution >= 4 is 21.2 Å². The molecule has 4 nitrogen and oxygen atoms in total. The van der Waals surface area contributed by atoms with E-state index in [2.05, 4.69) is 28.8 Å². The Morgan fingerprint density at radius 3 is 2.83 bits per heavy atom. The molecule has 3 rings (SSSR count). The molecule has 0 bridgehead atoms. The molecular weight excluding hydrogens is 306 g/mol. The summed E-state index contributed by atoms with van der Waals surface area (Å²) in [7, 11) is -0.471. The Hall–Kier alpha value is -2.11. The molecular formula is C18H21NO3Si. The van der Waals surface area contributed by atoms with Crippen molar-refractivity contribution in [1.29, 1.82) is 0 Å². The molecule has 1 atom stereocenters. The molecule has 1 N–H and O–H groups in total. The fourth-order valence-corrected chi connectivity index (χ4v) is 4.95. The maximum atomic E-state index is 11.1. The van der Waals surface area contributed by atoms with Crippen LogP contribution in [0.5, 0.6) is 11.5 Å². The second-order valence-electron chi connectivity index (χ2n) is 5.87. The van der Waals surface area contributed by atoms with Crippen molar-refractivity contribution in [2.75, 3.05) is 13.2 Å². The number of carbonyl (C=O) groups is 1. The predicted molar refractivity (Wildman–Crippen MR) is 93.3 cm³/mol. The van der Waals surface area contributed by atoms with Crippen LogP contribution in [0, 0.1) is 0 Å². The highest BCUT2D eigenvalue weighted by atomic mass is 28.2. The van der Waals surface area contributed by atoms with E-state index in [-0.39, 0.29) is 11.3 Å². The number of ether oxygens (including phenoxy) is 1. The van der Waals surface area contributed by atoms with Crippen LogP contribution in [0.15, 0.2) is 48.5 Å². The van der Waals surface area contributed by atoms with Crippen LogP contribution in [-0.2, 0) is 0 Å². The molecule has 0 radical (unpaired) electrons. The lowest BCUT2D eigenvalue weighted by molar-refractivity contribution is 0.111. The molecule has 0 unspecified atom stereocenters. The first-order valence-corrected chi connectivity index (χ1v) is 9.30. The standard InChI is InChI=1S/C18H21NO3Si/c20-12-16-17(21)9-4-10-18(16)22-13-14-6-5-11-19(14)23-15-7-2-1-3-8-15/h1-4,7-10,12,14,21H,5-6,11,13,23H2/t14-/m0/s1. The molecule has 1 fully saturated rings. The summed E-state index contributed by atoms with van der Waals surface area (Å²) in [5.41, 5.74) is 0.234. The third kappa shape index (κ3) is 3.81. The van der Waals surface area contributed by atoms with Crippen molar-refractivity contribution < 1.29 is 14.6 Å². The fraction of sp³-hybridized carbons (Fsp3) is 0.278. The first kappa shape index (κ1) is 15.8. The van der Waals surface area contributed by atoms with Crippen molar-refractivity contribution in [2.45, 2.75) is 18.9 Å². The van der Waals surface area contributed by atoms with Gasteiger partial charge in [-0.2, -0.15) is 0 Å².